The molecule has 1 aliphatic heterocycles. The number of para-hydroxylation sites is 1. The molecule has 3 rings (SSSR count). The Labute approximate surface area is 115 Å². The monoisotopic (exact) mass is 258 g/mol. The van der Waals surface area contributed by atoms with Gasteiger partial charge in [0.05, 0.1) is 0 Å². The predicted octanol–water partition coefficient (Wildman–Crippen LogP) is 2.67. The Morgan fingerprint density at radius 1 is 1.37 bits per heavy atom. The fraction of sp³-hybridized carbons (Fsp3) is 0.562. The van der Waals surface area contributed by atoms with Gasteiger partial charge in [-0.3, -0.25) is 4.79 Å². The van der Waals surface area contributed by atoms with E-state index in [9.17, 15) is 4.79 Å². The fourth-order valence-electron chi connectivity index (χ4n) is 2.85. The number of nitrogens with one attached hydrogen (secondary N) is 1. The molecular weight excluding hydrogens is 236 g/mol. The second-order valence-electron chi connectivity index (χ2n) is 6.17. The van der Waals surface area contributed by atoms with Crippen molar-refractivity contribution in [3.8, 4) is 0 Å². The van der Waals surface area contributed by atoms with Crippen molar-refractivity contribution < 1.29 is 4.79 Å². The largest absolute Gasteiger partial charge is 0.373 e. The molecule has 102 valence electrons. The molecule has 1 amide bonds. The van der Waals surface area contributed by atoms with Gasteiger partial charge in [-0.1, -0.05) is 32.0 Å². The zero-order chi connectivity index (χ0) is 13.4. The van der Waals surface area contributed by atoms with Gasteiger partial charge in [0, 0.05) is 24.7 Å². The Balaban J connectivity index is 1.71. The van der Waals surface area contributed by atoms with Gasteiger partial charge >= 0.3 is 0 Å². The highest BCUT2D eigenvalue weighted by atomic mass is 16.2. The van der Waals surface area contributed by atoms with Crippen LogP contribution in [0, 0.1) is 5.92 Å². The third-order valence-electron chi connectivity index (χ3n) is 3.90. The smallest absolute Gasteiger partial charge is 0.245 e. The van der Waals surface area contributed by atoms with Crippen molar-refractivity contribution in [1.82, 2.24) is 4.90 Å². The lowest BCUT2D eigenvalue weighted by Crippen LogP contribution is -2.45. The number of amides is 1. The molecule has 3 heteroatoms. The first-order valence-electron chi connectivity index (χ1n) is 7.30. The summed E-state index contributed by atoms with van der Waals surface area (Å²) < 4.78 is 0. The van der Waals surface area contributed by atoms with Crippen LogP contribution in [0.5, 0.6) is 0 Å². The van der Waals surface area contributed by atoms with Gasteiger partial charge in [0.2, 0.25) is 5.91 Å². The highest BCUT2D eigenvalue weighted by Crippen LogP contribution is 2.31. The van der Waals surface area contributed by atoms with Crippen LogP contribution in [-0.4, -0.2) is 29.4 Å². The number of carbonyl (C=O) groups excluding carboxylic acids is 1. The molecule has 3 nitrogen and oxygen atoms in total. The number of nitrogens with zero attached hydrogens (tertiary/aromatic N) is 1. The average Bonchev–Trinajstić information content (AvgIpc) is 3.13. The first kappa shape index (κ1) is 12.5. The van der Waals surface area contributed by atoms with E-state index in [0.29, 0.717) is 12.0 Å². The molecule has 1 aliphatic carbocycles. The molecule has 0 radical (unpaired) electrons. The summed E-state index contributed by atoms with van der Waals surface area (Å²) in [4.78, 5) is 14.8. The standard InChI is InChI=1S/C16H22N2O/c1-11(2)10-18(13-7-8-13)16(19)15-9-12-5-3-4-6-14(12)17-15/h3-6,11,13,15,17H,7-10H2,1-2H3. The van der Waals surface area contributed by atoms with Gasteiger partial charge in [-0.25, -0.2) is 0 Å². The third kappa shape index (κ3) is 2.60. The van der Waals surface area contributed by atoms with E-state index in [0.717, 1.165) is 18.7 Å². The molecule has 1 fully saturated rings. The van der Waals surface area contributed by atoms with E-state index >= 15 is 0 Å². The minimum absolute atomic E-state index is 0.0586. The first-order valence-corrected chi connectivity index (χ1v) is 7.30. The molecular formula is C16H22N2O. The molecule has 1 atom stereocenters. The van der Waals surface area contributed by atoms with Crippen molar-refractivity contribution in [3.63, 3.8) is 0 Å². The van der Waals surface area contributed by atoms with Crippen LogP contribution in [0.15, 0.2) is 24.3 Å². The molecule has 1 N–H and O–H groups in total. The van der Waals surface area contributed by atoms with E-state index in [-0.39, 0.29) is 11.9 Å². The summed E-state index contributed by atoms with van der Waals surface area (Å²) in [5.41, 5.74) is 2.39. The SMILES string of the molecule is CC(C)CN(C(=O)C1Cc2ccccc2N1)C1CC1. The summed E-state index contributed by atoms with van der Waals surface area (Å²) >= 11 is 0. The van der Waals surface area contributed by atoms with Crippen LogP contribution in [0.3, 0.4) is 0 Å². The van der Waals surface area contributed by atoms with Crippen LogP contribution in [0.2, 0.25) is 0 Å². The van der Waals surface area contributed by atoms with Gasteiger partial charge in [0.25, 0.3) is 0 Å². The molecule has 1 aromatic carbocycles. The molecule has 1 aromatic rings. The van der Waals surface area contributed by atoms with Crippen LogP contribution >= 0.6 is 0 Å². The summed E-state index contributed by atoms with van der Waals surface area (Å²) in [5, 5.41) is 3.38. The minimum atomic E-state index is -0.0586. The van der Waals surface area contributed by atoms with Gasteiger partial charge in [-0.15, -0.1) is 0 Å². The average molecular weight is 258 g/mol. The second-order valence-corrected chi connectivity index (χ2v) is 6.17. The van der Waals surface area contributed by atoms with E-state index in [1.807, 2.05) is 12.1 Å². The molecule has 0 saturated heterocycles. The van der Waals surface area contributed by atoms with E-state index in [4.69, 9.17) is 0 Å². The van der Waals surface area contributed by atoms with Crippen LogP contribution in [-0.2, 0) is 11.2 Å². The zero-order valence-electron chi connectivity index (χ0n) is 11.7. The van der Waals surface area contributed by atoms with E-state index < -0.39 is 0 Å². The topological polar surface area (TPSA) is 32.3 Å². The second kappa shape index (κ2) is 4.87. The summed E-state index contributed by atoms with van der Waals surface area (Å²) in [7, 11) is 0. The number of fused-ring (bicyclic) bond motifs is 1. The number of benzene rings is 1. The van der Waals surface area contributed by atoms with Crippen molar-refractivity contribution in [2.75, 3.05) is 11.9 Å². The minimum Gasteiger partial charge on any atom is -0.373 e. The van der Waals surface area contributed by atoms with Crippen molar-refractivity contribution in [2.24, 2.45) is 5.92 Å². The number of rotatable bonds is 4. The molecule has 0 bridgehead atoms. The normalized spacial score (nSPS) is 21.1. The van der Waals surface area contributed by atoms with E-state index in [1.165, 1.54) is 18.4 Å². The van der Waals surface area contributed by atoms with Gasteiger partial charge in [0.1, 0.15) is 6.04 Å². The maximum atomic E-state index is 12.7. The molecule has 1 heterocycles. The molecule has 19 heavy (non-hydrogen) atoms. The third-order valence-corrected chi connectivity index (χ3v) is 3.90. The van der Waals surface area contributed by atoms with Crippen LogP contribution in [0.4, 0.5) is 5.69 Å². The van der Waals surface area contributed by atoms with Crippen molar-refractivity contribution in [3.05, 3.63) is 29.8 Å². The van der Waals surface area contributed by atoms with Crippen LogP contribution < -0.4 is 5.32 Å². The quantitative estimate of drug-likeness (QED) is 0.900. The molecule has 1 saturated carbocycles. The number of anilines is 1. The van der Waals surface area contributed by atoms with Gasteiger partial charge < -0.3 is 10.2 Å². The van der Waals surface area contributed by atoms with Crippen LogP contribution in [0.1, 0.15) is 32.3 Å². The number of carbonyl (C=O) groups is 1. The Bertz CT molecular complexity index is 454. The lowest BCUT2D eigenvalue weighted by Gasteiger charge is -2.27. The number of hydrogen-bond donors (Lipinski definition) is 1. The lowest BCUT2D eigenvalue weighted by molar-refractivity contribution is -0.133. The van der Waals surface area contributed by atoms with Crippen molar-refractivity contribution in [2.45, 2.75) is 45.2 Å². The Hall–Kier alpha value is -1.51. The summed E-state index contributed by atoms with van der Waals surface area (Å²) in [6, 6.07) is 8.68. The van der Waals surface area contributed by atoms with Gasteiger partial charge in [-0.05, 0) is 30.4 Å². The molecule has 1 unspecified atom stereocenters. The van der Waals surface area contributed by atoms with Gasteiger partial charge in [-0.2, -0.15) is 0 Å². The maximum absolute atomic E-state index is 12.7. The lowest BCUT2D eigenvalue weighted by atomic mass is 10.1. The van der Waals surface area contributed by atoms with Crippen molar-refractivity contribution in [1.29, 1.82) is 0 Å². The van der Waals surface area contributed by atoms with E-state index in [2.05, 4.69) is 36.2 Å². The first-order chi connectivity index (χ1) is 9.15. The fourth-order valence-corrected chi connectivity index (χ4v) is 2.85. The summed E-state index contributed by atoms with van der Waals surface area (Å²) in [5.74, 6) is 0.820. The Morgan fingerprint density at radius 2 is 2.11 bits per heavy atom. The summed E-state index contributed by atoms with van der Waals surface area (Å²) in [6.45, 7) is 5.25. The Kier molecular flexibility index (Phi) is 3.21. The van der Waals surface area contributed by atoms with Crippen LogP contribution in [0.25, 0.3) is 0 Å². The van der Waals surface area contributed by atoms with Crippen molar-refractivity contribution >= 4 is 11.6 Å². The zero-order valence-corrected chi connectivity index (χ0v) is 11.7. The Morgan fingerprint density at radius 3 is 2.74 bits per heavy atom. The maximum Gasteiger partial charge on any atom is 0.245 e. The highest BCUT2D eigenvalue weighted by Gasteiger charge is 2.37. The number of hydrogen-bond acceptors (Lipinski definition) is 2. The molecule has 0 spiro atoms. The summed E-state index contributed by atoms with van der Waals surface area (Å²) in [6.07, 6.45) is 3.19. The highest BCUT2D eigenvalue weighted by molar-refractivity contribution is 5.88. The molecule has 2 aliphatic rings. The molecule has 0 aromatic heterocycles. The predicted molar refractivity (Wildman–Crippen MR) is 77.1 cm³/mol. The van der Waals surface area contributed by atoms with E-state index in [1.54, 1.807) is 0 Å². The van der Waals surface area contributed by atoms with Gasteiger partial charge in [0.15, 0.2) is 0 Å².